The van der Waals surface area contributed by atoms with Crippen molar-refractivity contribution < 1.29 is 9.90 Å². The minimum absolute atomic E-state index is 0.0816. The summed E-state index contributed by atoms with van der Waals surface area (Å²) in [6.07, 6.45) is 1.97. The first-order valence-corrected chi connectivity index (χ1v) is 6.29. The van der Waals surface area contributed by atoms with Crippen LogP contribution in [0.4, 0.5) is 5.69 Å². The van der Waals surface area contributed by atoms with Gasteiger partial charge in [-0.3, -0.25) is 4.79 Å². The molecule has 1 aromatic carbocycles. The number of nitrogens with two attached hydrogens (primary N) is 1. The van der Waals surface area contributed by atoms with Gasteiger partial charge in [0.25, 0.3) is 0 Å². The minimum atomic E-state index is -0.201. The number of nitrogens with one attached hydrogen (secondary N) is 1. The first kappa shape index (κ1) is 12.4. The van der Waals surface area contributed by atoms with Crippen LogP contribution in [0.25, 0.3) is 0 Å². The molecule has 0 radical (unpaired) electrons. The Labute approximate surface area is 108 Å². The van der Waals surface area contributed by atoms with E-state index < -0.39 is 0 Å². The normalized spacial score (nSPS) is 16.6. The van der Waals surface area contributed by atoms with Gasteiger partial charge in [-0.2, -0.15) is 0 Å². The molecule has 0 aromatic heterocycles. The smallest absolute Gasteiger partial charge is 0.221 e. The highest BCUT2D eigenvalue weighted by atomic mass is 79.9. The van der Waals surface area contributed by atoms with Crippen molar-refractivity contribution in [2.24, 2.45) is 5.73 Å². The fraction of sp³-hybridized carbons (Fsp3) is 0.417. The van der Waals surface area contributed by atoms with Gasteiger partial charge in [-0.1, -0.05) is 15.9 Å². The van der Waals surface area contributed by atoms with Gasteiger partial charge in [-0.25, -0.2) is 0 Å². The van der Waals surface area contributed by atoms with Gasteiger partial charge in [0.05, 0.1) is 5.69 Å². The summed E-state index contributed by atoms with van der Waals surface area (Å²) in [4.78, 5) is 11.2. The molecule has 4 nitrogen and oxygen atoms in total. The molecule has 0 aliphatic heterocycles. The first-order valence-electron chi connectivity index (χ1n) is 5.50. The lowest BCUT2D eigenvalue weighted by Gasteiger charge is -2.20. The van der Waals surface area contributed by atoms with Crippen molar-refractivity contribution in [2.45, 2.75) is 25.2 Å². The van der Waals surface area contributed by atoms with E-state index in [4.69, 9.17) is 5.73 Å². The molecule has 0 spiro atoms. The summed E-state index contributed by atoms with van der Waals surface area (Å²) in [5.74, 6) is -0.120. The maximum atomic E-state index is 11.2. The van der Waals surface area contributed by atoms with Crippen LogP contribution in [0.5, 0.6) is 5.75 Å². The number of halogens is 1. The van der Waals surface area contributed by atoms with Gasteiger partial charge in [0.1, 0.15) is 5.75 Å². The Morgan fingerprint density at radius 3 is 2.71 bits per heavy atom. The summed E-state index contributed by atoms with van der Waals surface area (Å²) in [6.45, 7) is 1.94. The van der Waals surface area contributed by atoms with Crippen molar-refractivity contribution in [3.05, 3.63) is 22.2 Å². The molecule has 2 rings (SSSR count). The van der Waals surface area contributed by atoms with Crippen LogP contribution in [0.2, 0.25) is 0 Å². The maximum Gasteiger partial charge on any atom is 0.221 e. The Kier molecular flexibility index (Phi) is 3.14. The van der Waals surface area contributed by atoms with E-state index in [2.05, 4.69) is 21.2 Å². The van der Waals surface area contributed by atoms with E-state index in [9.17, 15) is 9.90 Å². The lowest BCUT2D eigenvalue weighted by atomic mass is 9.93. The molecular formula is C12H15BrN2O2. The third-order valence-electron chi connectivity index (χ3n) is 3.21. The third kappa shape index (κ3) is 2.17. The molecule has 92 valence electrons. The van der Waals surface area contributed by atoms with Crippen molar-refractivity contribution in [3.8, 4) is 5.75 Å². The third-order valence-corrected chi connectivity index (χ3v) is 3.87. The van der Waals surface area contributed by atoms with Crippen LogP contribution >= 0.6 is 15.9 Å². The zero-order valence-corrected chi connectivity index (χ0v) is 11.2. The van der Waals surface area contributed by atoms with E-state index in [1.54, 1.807) is 12.1 Å². The van der Waals surface area contributed by atoms with Gasteiger partial charge < -0.3 is 16.2 Å². The van der Waals surface area contributed by atoms with Crippen LogP contribution in [0, 0.1) is 0 Å². The molecule has 1 fully saturated rings. The number of phenolic OH excluding ortho intramolecular Hbond substituents is 1. The molecule has 5 heteroatoms. The molecule has 0 bridgehead atoms. The Bertz CT molecular complexity index is 470. The van der Waals surface area contributed by atoms with Crippen molar-refractivity contribution in [2.75, 3.05) is 11.9 Å². The summed E-state index contributed by atoms with van der Waals surface area (Å²) in [5.41, 5.74) is 7.10. The van der Waals surface area contributed by atoms with E-state index in [1.807, 2.05) is 0 Å². The number of amides is 1. The van der Waals surface area contributed by atoms with Crippen molar-refractivity contribution in [1.29, 1.82) is 0 Å². The highest BCUT2D eigenvalue weighted by molar-refractivity contribution is 9.10. The fourth-order valence-corrected chi connectivity index (χ4v) is 2.85. The number of hydrogen-bond acceptors (Lipinski definition) is 3. The Hall–Kier alpha value is -1.07. The van der Waals surface area contributed by atoms with Gasteiger partial charge in [-0.15, -0.1) is 0 Å². The zero-order valence-electron chi connectivity index (χ0n) is 9.59. The first-order chi connectivity index (χ1) is 8.00. The molecule has 0 atom stereocenters. The molecule has 1 saturated carbocycles. The summed E-state index contributed by atoms with van der Waals surface area (Å²) in [5, 5.41) is 12.6. The largest absolute Gasteiger partial charge is 0.506 e. The van der Waals surface area contributed by atoms with E-state index in [1.165, 1.54) is 6.92 Å². The number of phenols is 1. The van der Waals surface area contributed by atoms with Crippen LogP contribution in [0.3, 0.4) is 0 Å². The van der Waals surface area contributed by atoms with E-state index >= 15 is 0 Å². The zero-order chi connectivity index (χ0) is 12.6. The van der Waals surface area contributed by atoms with E-state index in [0.717, 1.165) is 22.9 Å². The number of hydrogen-bond donors (Lipinski definition) is 3. The van der Waals surface area contributed by atoms with E-state index in [0.29, 0.717) is 12.2 Å². The van der Waals surface area contributed by atoms with Crippen LogP contribution < -0.4 is 11.1 Å². The second-order valence-electron chi connectivity index (χ2n) is 4.48. The number of rotatable bonds is 3. The quantitative estimate of drug-likeness (QED) is 0.748. The SMILES string of the molecule is CC(=O)Nc1c(O)ccc(Br)c1C1(CN)CC1. The maximum absolute atomic E-state index is 11.2. The summed E-state index contributed by atoms with van der Waals surface area (Å²) >= 11 is 3.47. The van der Waals surface area contributed by atoms with E-state index in [-0.39, 0.29) is 17.1 Å². The van der Waals surface area contributed by atoms with Crippen molar-refractivity contribution in [3.63, 3.8) is 0 Å². The predicted molar refractivity (Wildman–Crippen MR) is 70.1 cm³/mol. The van der Waals surface area contributed by atoms with Gasteiger partial charge >= 0.3 is 0 Å². The lowest BCUT2D eigenvalue weighted by Crippen LogP contribution is -2.22. The molecule has 1 aliphatic carbocycles. The molecular weight excluding hydrogens is 284 g/mol. The minimum Gasteiger partial charge on any atom is -0.506 e. The molecule has 17 heavy (non-hydrogen) atoms. The fourth-order valence-electron chi connectivity index (χ4n) is 2.09. The van der Waals surface area contributed by atoms with Crippen LogP contribution in [0.1, 0.15) is 25.3 Å². The summed E-state index contributed by atoms with van der Waals surface area (Å²) in [7, 11) is 0. The second-order valence-corrected chi connectivity index (χ2v) is 5.34. The average molecular weight is 299 g/mol. The molecule has 0 saturated heterocycles. The molecule has 1 aliphatic rings. The van der Waals surface area contributed by atoms with Crippen LogP contribution in [-0.2, 0) is 10.2 Å². The Morgan fingerprint density at radius 1 is 1.59 bits per heavy atom. The van der Waals surface area contributed by atoms with Gasteiger partial charge in [-0.05, 0) is 25.0 Å². The number of carbonyl (C=O) groups excluding carboxylic acids is 1. The molecule has 4 N–H and O–H groups in total. The number of anilines is 1. The summed E-state index contributed by atoms with van der Waals surface area (Å²) in [6, 6.07) is 3.34. The molecule has 1 aromatic rings. The average Bonchev–Trinajstić information content (AvgIpc) is 3.04. The van der Waals surface area contributed by atoms with Crippen LogP contribution in [0.15, 0.2) is 16.6 Å². The monoisotopic (exact) mass is 298 g/mol. The summed E-state index contributed by atoms with van der Waals surface area (Å²) < 4.78 is 0.877. The predicted octanol–water partition coefficient (Wildman–Crippen LogP) is 2.10. The highest BCUT2D eigenvalue weighted by Crippen LogP contribution is 2.54. The number of benzene rings is 1. The Morgan fingerprint density at radius 2 is 2.24 bits per heavy atom. The van der Waals surface area contributed by atoms with Gasteiger partial charge in [0.15, 0.2) is 0 Å². The molecule has 0 unspecified atom stereocenters. The van der Waals surface area contributed by atoms with Gasteiger partial charge in [0, 0.05) is 28.9 Å². The standard InChI is InChI=1S/C12H15BrN2O2/c1-7(16)15-11-9(17)3-2-8(13)10(11)12(6-14)4-5-12/h2-3,17H,4-6,14H2,1H3,(H,15,16). The topological polar surface area (TPSA) is 75.3 Å². The highest BCUT2D eigenvalue weighted by Gasteiger charge is 2.46. The van der Waals surface area contributed by atoms with Gasteiger partial charge in [0.2, 0.25) is 5.91 Å². The Balaban J connectivity index is 2.55. The number of carbonyl (C=O) groups is 1. The van der Waals surface area contributed by atoms with Crippen LogP contribution in [-0.4, -0.2) is 17.6 Å². The molecule has 1 amide bonds. The number of aromatic hydroxyl groups is 1. The lowest BCUT2D eigenvalue weighted by molar-refractivity contribution is -0.114. The van der Waals surface area contributed by atoms with Crippen molar-refractivity contribution in [1.82, 2.24) is 0 Å². The molecule has 0 heterocycles. The van der Waals surface area contributed by atoms with Crippen molar-refractivity contribution >= 4 is 27.5 Å². The second kappa shape index (κ2) is 4.31.